The summed E-state index contributed by atoms with van der Waals surface area (Å²) in [4.78, 5) is 4.42. The summed E-state index contributed by atoms with van der Waals surface area (Å²) in [6, 6.07) is 3.04. The summed E-state index contributed by atoms with van der Waals surface area (Å²) >= 11 is 17.6. The molecule has 0 amide bonds. The molecular weight excluding hydrogens is 298 g/mol. The maximum absolute atomic E-state index is 13.2. The quantitative estimate of drug-likeness (QED) is 0.623. The molecule has 0 saturated carbocycles. The zero-order valence-corrected chi connectivity index (χ0v) is 12.1. The number of rotatable bonds is 3. The minimum atomic E-state index is -0.480. The van der Waals surface area contributed by atoms with Gasteiger partial charge in [-0.05, 0) is 12.1 Å². The largest absolute Gasteiger partial charge is 0.368 e. The van der Waals surface area contributed by atoms with E-state index in [0.717, 1.165) is 38.4 Å². The molecule has 1 aromatic rings. The van der Waals surface area contributed by atoms with Gasteiger partial charge in [-0.2, -0.15) is 0 Å². The van der Waals surface area contributed by atoms with Crippen molar-refractivity contribution in [3.05, 3.63) is 28.0 Å². The average molecular weight is 312 g/mol. The molecule has 1 heterocycles. The SMILES string of the molecule is Fc1ccc(N2CCN(CCCl)CC2)c(Cl)c1Cl. The highest BCUT2D eigenvalue weighted by Gasteiger charge is 2.20. The van der Waals surface area contributed by atoms with Crippen molar-refractivity contribution in [2.75, 3.05) is 43.5 Å². The lowest BCUT2D eigenvalue weighted by atomic mass is 10.2. The Kier molecular flexibility index (Phi) is 4.96. The fourth-order valence-corrected chi connectivity index (χ4v) is 2.76. The number of piperazine rings is 1. The molecule has 1 aromatic carbocycles. The normalized spacial score (nSPS) is 17.2. The number of hydrogen-bond acceptors (Lipinski definition) is 2. The molecule has 1 aliphatic heterocycles. The van der Waals surface area contributed by atoms with Crippen molar-refractivity contribution < 1.29 is 4.39 Å². The van der Waals surface area contributed by atoms with E-state index in [1.165, 1.54) is 6.07 Å². The monoisotopic (exact) mass is 310 g/mol. The molecule has 0 atom stereocenters. The van der Waals surface area contributed by atoms with Crippen molar-refractivity contribution in [2.24, 2.45) is 0 Å². The average Bonchev–Trinajstić information content (AvgIpc) is 2.38. The fourth-order valence-electron chi connectivity index (χ4n) is 2.09. The first kappa shape index (κ1) is 14.2. The van der Waals surface area contributed by atoms with Crippen LogP contribution in [0.25, 0.3) is 0 Å². The van der Waals surface area contributed by atoms with Gasteiger partial charge < -0.3 is 4.90 Å². The van der Waals surface area contributed by atoms with Crippen LogP contribution in [0.2, 0.25) is 10.0 Å². The lowest BCUT2D eigenvalue weighted by Gasteiger charge is -2.36. The first-order valence-corrected chi connectivity index (χ1v) is 7.09. The summed E-state index contributed by atoms with van der Waals surface area (Å²) in [6.07, 6.45) is 0. The predicted octanol–water partition coefficient (Wildman–Crippen LogP) is 3.49. The van der Waals surface area contributed by atoms with E-state index in [4.69, 9.17) is 34.8 Å². The molecule has 2 rings (SSSR count). The van der Waals surface area contributed by atoms with Gasteiger partial charge in [0.05, 0.1) is 15.7 Å². The van der Waals surface area contributed by atoms with Gasteiger partial charge in [-0.3, -0.25) is 4.90 Å². The lowest BCUT2D eigenvalue weighted by molar-refractivity contribution is 0.272. The van der Waals surface area contributed by atoms with Gasteiger partial charge in [0, 0.05) is 38.6 Å². The third kappa shape index (κ3) is 3.02. The first-order chi connectivity index (χ1) is 8.63. The van der Waals surface area contributed by atoms with Crippen molar-refractivity contribution >= 4 is 40.5 Å². The topological polar surface area (TPSA) is 6.48 Å². The van der Waals surface area contributed by atoms with Crippen molar-refractivity contribution in [3.8, 4) is 0 Å². The zero-order valence-electron chi connectivity index (χ0n) is 9.80. The van der Waals surface area contributed by atoms with Crippen LogP contribution in [0, 0.1) is 5.82 Å². The van der Waals surface area contributed by atoms with E-state index >= 15 is 0 Å². The van der Waals surface area contributed by atoms with E-state index < -0.39 is 5.82 Å². The number of hydrogen-bond donors (Lipinski definition) is 0. The number of anilines is 1. The van der Waals surface area contributed by atoms with Gasteiger partial charge in [0.2, 0.25) is 0 Å². The minimum absolute atomic E-state index is 0.00245. The maximum Gasteiger partial charge on any atom is 0.143 e. The van der Waals surface area contributed by atoms with Gasteiger partial charge in [-0.1, -0.05) is 23.2 Å². The molecule has 0 N–H and O–H groups in total. The smallest absolute Gasteiger partial charge is 0.143 e. The van der Waals surface area contributed by atoms with Gasteiger partial charge in [0.1, 0.15) is 5.82 Å². The highest BCUT2D eigenvalue weighted by atomic mass is 35.5. The van der Waals surface area contributed by atoms with E-state index in [2.05, 4.69) is 9.80 Å². The van der Waals surface area contributed by atoms with Crippen LogP contribution in [-0.4, -0.2) is 43.5 Å². The number of nitrogens with zero attached hydrogens (tertiary/aromatic N) is 2. The Morgan fingerprint density at radius 2 is 1.72 bits per heavy atom. The van der Waals surface area contributed by atoms with Gasteiger partial charge in [-0.15, -0.1) is 11.6 Å². The van der Waals surface area contributed by atoms with Crippen LogP contribution in [0.1, 0.15) is 0 Å². The maximum atomic E-state index is 13.2. The number of benzene rings is 1. The summed E-state index contributed by atoms with van der Waals surface area (Å²) in [5, 5.41) is 0.291. The van der Waals surface area contributed by atoms with Gasteiger partial charge >= 0.3 is 0 Å². The van der Waals surface area contributed by atoms with E-state index in [1.807, 2.05) is 0 Å². The molecule has 18 heavy (non-hydrogen) atoms. The Bertz CT molecular complexity index is 420. The van der Waals surface area contributed by atoms with Crippen molar-refractivity contribution in [3.63, 3.8) is 0 Å². The molecule has 0 radical (unpaired) electrons. The fraction of sp³-hybridized carbons (Fsp3) is 0.500. The van der Waals surface area contributed by atoms with Crippen molar-refractivity contribution in [1.82, 2.24) is 4.90 Å². The van der Waals surface area contributed by atoms with Gasteiger partial charge in [0.15, 0.2) is 0 Å². The van der Waals surface area contributed by atoms with Crippen LogP contribution in [0.5, 0.6) is 0 Å². The second kappa shape index (κ2) is 6.29. The summed E-state index contributed by atoms with van der Waals surface area (Å²) in [5.74, 6) is 0.162. The highest BCUT2D eigenvalue weighted by molar-refractivity contribution is 6.43. The molecule has 1 fully saturated rings. The predicted molar refractivity (Wildman–Crippen MR) is 75.8 cm³/mol. The van der Waals surface area contributed by atoms with Crippen LogP contribution < -0.4 is 4.90 Å². The van der Waals surface area contributed by atoms with Crippen LogP contribution in [0.4, 0.5) is 10.1 Å². The number of alkyl halides is 1. The van der Waals surface area contributed by atoms with Gasteiger partial charge in [-0.25, -0.2) is 4.39 Å². The van der Waals surface area contributed by atoms with Crippen LogP contribution in [-0.2, 0) is 0 Å². The third-order valence-electron chi connectivity index (χ3n) is 3.13. The van der Waals surface area contributed by atoms with Crippen molar-refractivity contribution in [2.45, 2.75) is 0 Å². The Labute approximate surface area is 121 Å². The van der Waals surface area contributed by atoms with Gasteiger partial charge in [0.25, 0.3) is 0 Å². The molecule has 0 bridgehead atoms. The zero-order chi connectivity index (χ0) is 13.1. The molecule has 100 valence electrons. The second-order valence-electron chi connectivity index (χ2n) is 4.21. The summed E-state index contributed by atoms with van der Waals surface area (Å²) in [6.45, 7) is 4.44. The molecule has 1 aliphatic rings. The summed E-state index contributed by atoms with van der Waals surface area (Å²) in [5.41, 5.74) is 0.800. The van der Waals surface area contributed by atoms with Crippen LogP contribution >= 0.6 is 34.8 Å². The minimum Gasteiger partial charge on any atom is -0.368 e. The Balaban J connectivity index is 2.08. The molecule has 6 heteroatoms. The Morgan fingerprint density at radius 1 is 1.06 bits per heavy atom. The van der Waals surface area contributed by atoms with Crippen molar-refractivity contribution in [1.29, 1.82) is 0 Å². The van der Waals surface area contributed by atoms with Crippen LogP contribution in [0.3, 0.4) is 0 Å². The first-order valence-electron chi connectivity index (χ1n) is 5.80. The molecule has 0 spiro atoms. The third-order valence-corrected chi connectivity index (χ3v) is 4.15. The summed E-state index contributed by atoms with van der Waals surface area (Å²) in [7, 11) is 0. The van der Waals surface area contributed by atoms with E-state index in [1.54, 1.807) is 6.07 Å². The lowest BCUT2D eigenvalue weighted by Crippen LogP contribution is -2.47. The molecule has 0 aromatic heterocycles. The molecule has 1 saturated heterocycles. The van der Waals surface area contributed by atoms with E-state index in [-0.39, 0.29) is 5.02 Å². The number of halogens is 4. The summed E-state index contributed by atoms with van der Waals surface area (Å²) < 4.78 is 13.2. The molecule has 0 aliphatic carbocycles. The van der Waals surface area contributed by atoms with E-state index in [0.29, 0.717) is 10.9 Å². The Morgan fingerprint density at radius 3 is 2.33 bits per heavy atom. The molecular formula is C12H14Cl3FN2. The Hall–Kier alpha value is -0.220. The van der Waals surface area contributed by atoms with E-state index in [9.17, 15) is 4.39 Å². The standard InChI is InChI=1S/C12H14Cl3FN2/c13-3-4-17-5-7-18(8-6-17)10-2-1-9(16)11(14)12(10)15/h1-2H,3-8H2. The van der Waals surface area contributed by atoms with Crippen LogP contribution in [0.15, 0.2) is 12.1 Å². The molecule has 2 nitrogen and oxygen atoms in total. The molecule has 0 unspecified atom stereocenters. The second-order valence-corrected chi connectivity index (χ2v) is 5.35. The highest BCUT2D eigenvalue weighted by Crippen LogP contribution is 2.34.